The highest BCUT2D eigenvalue weighted by Gasteiger charge is 2.11. The lowest BCUT2D eigenvalue weighted by molar-refractivity contribution is 0.143. The van der Waals surface area contributed by atoms with E-state index in [0.29, 0.717) is 11.0 Å². The van der Waals surface area contributed by atoms with Crippen LogP contribution in [0.15, 0.2) is 0 Å². The lowest BCUT2D eigenvalue weighted by Crippen LogP contribution is -2.36. The zero-order valence-electron chi connectivity index (χ0n) is 9.45. The van der Waals surface area contributed by atoms with Crippen molar-refractivity contribution in [2.45, 2.75) is 32.7 Å². The zero-order valence-corrected chi connectivity index (χ0v) is 10.3. The van der Waals surface area contributed by atoms with Crippen molar-refractivity contribution < 1.29 is 4.74 Å². The van der Waals surface area contributed by atoms with Crippen LogP contribution in [0.2, 0.25) is 0 Å². The highest BCUT2D eigenvalue weighted by Crippen LogP contribution is 2.04. The standard InChI is InChI=1S/C10H22N2OS/c1-4-12(7-5-10(11)14)9(2)6-8-13-3/h9H,4-8H2,1-3H3,(H2,11,14). The Kier molecular flexibility index (Phi) is 8.04. The van der Waals surface area contributed by atoms with Gasteiger partial charge in [0.15, 0.2) is 0 Å². The SMILES string of the molecule is CCN(CCC(N)=S)C(C)CCOC. The second-order valence-corrected chi connectivity index (χ2v) is 4.00. The van der Waals surface area contributed by atoms with Gasteiger partial charge in [0.1, 0.15) is 0 Å². The predicted molar refractivity (Wildman–Crippen MR) is 64.6 cm³/mol. The molecule has 0 rings (SSSR count). The van der Waals surface area contributed by atoms with Gasteiger partial charge in [-0.2, -0.15) is 0 Å². The van der Waals surface area contributed by atoms with E-state index >= 15 is 0 Å². The molecule has 14 heavy (non-hydrogen) atoms. The first kappa shape index (κ1) is 13.8. The van der Waals surface area contributed by atoms with Gasteiger partial charge in [-0.3, -0.25) is 0 Å². The summed E-state index contributed by atoms with van der Waals surface area (Å²) in [6.45, 7) is 7.17. The van der Waals surface area contributed by atoms with Gasteiger partial charge >= 0.3 is 0 Å². The van der Waals surface area contributed by atoms with Crippen LogP contribution in [-0.4, -0.2) is 42.7 Å². The van der Waals surface area contributed by atoms with Gasteiger partial charge in [0.2, 0.25) is 0 Å². The van der Waals surface area contributed by atoms with E-state index in [0.717, 1.165) is 32.5 Å². The molecule has 0 aromatic carbocycles. The van der Waals surface area contributed by atoms with Gasteiger partial charge in [0.25, 0.3) is 0 Å². The highest BCUT2D eigenvalue weighted by molar-refractivity contribution is 7.80. The van der Waals surface area contributed by atoms with Crippen LogP contribution in [0.4, 0.5) is 0 Å². The Morgan fingerprint density at radius 1 is 1.57 bits per heavy atom. The van der Waals surface area contributed by atoms with E-state index < -0.39 is 0 Å². The van der Waals surface area contributed by atoms with Gasteiger partial charge < -0.3 is 15.4 Å². The molecule has 0 fully saturated rings. The molecule has 0 heterocycles. The van der Waals surface area contributed by atoms with Gasteiger partial charge in [-0.15, -0.1) is 0 Å². The third-order valence-corrected chi connectivity index (χ3v) is 2.62. The number of hydrogen-bond donors (Lipinski definition) is 1. The monoisotopic (exact) mass is 218 g/mol. The number of rotatable bonds is 8. The Labute approximate surface area is 92.6 Å². The first-order chi connectivity index (χ1) is 6.61. The molecule has 0 aromatic heterocycles. The summed E-state index contributed by atoms with van der Waals surface area (Å²) < 4.78 is 5.06. The van der Waals surface area contributed by atoms with Crippen molar-refractivity contribution in [3.05, 3.63) is 0 Å². The summed E-state index contributed by atoms with van der Waals surface area (Å²) in [5.41, 5.74) is 5.48. The van der Waals surface area contributed by atoms with Gasteiger partial charge in [-0.05, 0) is 19.9 Å². The maximum Gasteiger partial charge on any atom is 0.0740 e. The van der Waals surface area contributed by atoms with E-state index in [1.54, 1.807) is 7.11 Å². The fraction of sp³-hybridized carbons (Fsp3) is 0.900. The van der Waals surface area contributed by atoms with Gasteiger partial charge in [0.05, 0.1) is 4.99 Å². The minimum Gasteiger partial charge on any atom is -0.393 e. The fourth-order valence-electron chi connectivity index (χ4n) is 1.41. The predicted octanol–water partition coefficient (Wildman–Crippen LogP) is 1.41. The zero-order chi connectivity index (χ0) is 11.0. The van der Waals surface area contributed by atoms with Crippen LogP contribution in [-0.2, 0) is 4.74 Å². The summed E-state index contributed by atoms with van der Waals surface area (Å²) in [7, 11) is 1.73. The summed E-state index contributed by atoms with van der Waals surface area (Å²) in [6.07, 6.45) is 1.86. The van der Waals surface area contributed by atoms with E-state index in [9.17, 15) is 0 Å². The smallest absolute Gasteiger partial charge is 0.0740 e. The molecule has 84 valence electrons. The number of thiocarbonyl (C=S) groups is 1. The first-order valence-electron chi connectivity index (χ1n) is 5.13. The Bertz CT molecular complexity index is 164. The van der Waals surface area contributed by atoms with Crippen LogP contribution in [0, 0.1) is 0 Å². The lowest BCUT2D eigenvalue weighted by Gasteiger charge is -2.27. The third kappa shape index (κ3) is 6.29. The molecule has 4 heteroatoms. The van der Waals surface area contributed by atoms with Gasteiger partial charge in [-0.1, -0.05) is 19.1 Å². The molecular formula is C10H22N2OS. The minimum absolute atomic E-state index is 0.536. The summed E-state index contributed by atoms with van der Waals surface area (Å²) in [6, 6.07) is 0.536. The Balaban J connectivity index is 3.79. The number of hydrogen-bond acceptors (Lipinski definition) is 3. The molecule has 1 atom stereocenters. The second kappa shape index (κ2) is 8.15. The first-order valence-corrected chi connectivity index (χ1v) is 5.53. The van der Waals surface area contributed by atoms with E-state index in [2.05, 4.69) is 18.7 Å². The second-order valence-electron chi connectivity index (χ2n) is 3.48. The lowest BCUT2D eigenvalue weighted by atomic mass is 10.2. The van der Waals surface area contributed by atoms with Crippen LogP contribution in [0.1, 0.15) is 26.7 Å². The number of nitrogens with two attached hydrogens (primary N) is 1. The third-order valence-electron chi connectivity index (χ3n) is 2.41. The quantitative estimate of drug-likeness (QED) is 0.625. The maximum atomic E-state index is 5.48. The highest BCUT2D eigenvalue weighted by atomic mass is 32.1. The maximum absolute atomic E-state index is 5.48. The normalized spacial score (nSPS) is 13.1. The summed E-state index contributed by atoms with van der Waals surface area (Å²) in [5.74, 6) is 0. The van der Waals surface area contributed by atoms with Crippen molar-refractivity contribution in [3.63, 3.8) is 0 Å². The number of nitrogens with zero attached hydrogens (tertiary/aromatic N) is 1. The Morgan fingerprint density at radius 3 is 2.64 bits per heavy atom. The molecule has 0 saturated carbocycles. The molecule has 1 unspecified atom stereocenters. The molecule has 0 aliphatic carbocycles. The van der Waals surface area contributed by atoms with Crippen molar-refractivity contribution in [1.82, 2.24) is 4.90 Å². The van der Waals surface area contributed by atoms with Crippen LogP contribution >= 0.6 is 12.2 Å². The molecule has 0 spiro atoms. The molecule has 0 aliphatic heterocycles. The van der Waals surface area contributed by atoms with E-state index in [1.807, 2.05) is 0 Å². The summed E-state index contributed by atoms with van der Waals surface area (Å²) >= 11 is 4.86. The van der Waals surface area contributed by atoms with Crippen molar-refractivity contribution in [2.75, 3.05) is 26.8 Å². The van der Waals surface area contributed by atoms with Crippen LogP contribution in [0.5, 0.6) is 0 Å². The molecule has 0 aliphatic rings. The Morgan fingerprint density at radius 2 is 2.21 bits per heavy atom. The van der Waals surface area contributed by atoms with Crippen molar-refractivity contribution in [3.8, 4) is 0 Å². The number of methoxy groups -OCH3 is 1. The topological polar surface area (TPSA) is 38.5 Å². The summed E-state index contributed by atoms with van der Waals surface area (Å²) in [5, 5.41) is 0. The molecule has 0 saturated heterocycles. The number of ether oxygens (including phenoxy) is 1. The van der Waals surface area contributed by atoms with E-state index in [4.69, 9.17) is 22.7 Å². The molecule has 0 amide bonds. The molecule has 0 radical (unpaired) electrons. The van der Waals surface area contributed by atoms with Crippen LogP contribution < -0.4 is 5.73 Å². The average Bonchev–Trinajstić information content (AvgIpc) is 2.15. The van der Waals surface area contributed by atoms with E-state index in [-0.39, 0.29) is 0 Å². The van der Waals surface area contributed by atoms with Gasteiger partial charge in [0, 0.05) is 32.7 Å². The van der Waals surface area contributed by atoms with E-state index in [1.165, 1.54) is 0 Å². The minimum atomic E-state index is 0.536. The molecule has 2 N–H and O–H groups in total. The Hall–Kier alpha value is -0.190. The molecular weight excluding hydrogens is 196 g/mol. The van der Waals surface area contributed by atoms with Gasteiger partial charge in [-0.25, -0.2) is 0 Å². The van der Waals surface area contributed by atoms with Crippen molar-refractivity contribution >= 4 is 17.2 Å². The van der Waals surface area contributed by atoms with Crippen LogP contribution in [0.3, 0.4) is 0 Å². The summed E-state index contributed by atoms with van der Waals surface area (Å²) in [4.78, 5) is 2.97. The average molecular weight is 218 g/mol. The molecule has 3 nitrogen and oxygen atoms in total. The molecule has 0 aromatic rings. The largest absolute Gasteiger partial charge is 0.393 e. The van der Waals surface area contributed by atoms with Crippen LogP contribution in [0.25, 0.3) is 0 Å². The van der Waals surface area contributed by atoms with Crippen molar-refractivity contribution in [1.29, 1.82) is 0 Å². The fourth-order valence-corrected chi connectivity index (χ4v) is 1.51. The van der Waals surface area contributed by atoms with Crippen molar-refractivity contribution in [2.24, 2.45) is 5.73 Å². The molecule has 0 bridgehead atoms.